The molecule has 0 bridgehead atoms. The highest BCUT2D eigenvalue weighted by atomic mass is 35.5. The molecule has 0 atom stereocenters. The van der Waals surface area contributed by atoms with Crippen molar-refractivity contribution in [3.05, 3.63) is 82.0 Å². The summed E-state index contributed by atoms with van der Waals surface area (Å²) in [6.45, 7) is 3.25. The van der Waals surface area contributed by atoms with Gasteiger partial charge < -0.3 is 15.0 Å². The van der Waals surface area contributed by atoms with Gasteiger partial charge >= 0.3 is 0 Å². The minimum atomic E-state index is 0.464. The first kappa shape index (κ1) is 21.6. The Morgan fingerprint density at radius 2 is 1.77 bits per heavy atom. The van der Waals surface area contributed by atoms with E-state index in [1.165, 1.54) is 16.8 Å². The number of hydrazone groups is 1. The summed E-state index contributed by atoms with van der Waals surface area (Å²) in [5.41, 5.74) is 8.78. The third-order valence-electron chi connectivity index (χ3n) is 5.23. The van der Waals surface area contributed by atoms with E-state index in [0.717, 1.165) is 55.4 Å². The van der Waals surface area contributed by atoms with Crippen molar-refractivity contribution < 1.29 is 4.74 Å². The van der Waals surface area contributed by atoms with Crippen LogP contribution in [0.5, 0.6) is 0 Å². The molecule has 0 unspecified atom stereocenters. The summed E-state index contributed by atoms with van der Waals surface area (Å²) in [6, 6.07) is 17.8. The van der Waals surface area contributed by atoms with Crippen LogP contribution >= 0.6 is 23.8 Å². The Labute approximate surface area is 193 Å². The van der Waals surface area contributed by atoms with Crippen LogP contribution in [0.4, 0.5) is 5.69 Å². The molecule has 1 aliphatic heterocycles. The van der Waals surface area contributed by atoms with E-state index in [9.17, 15) is 0 Å². The minimum Gasteiger partial charge on any atom is -0.378 e. The number of hydrogen-bond acceptors (Lipinski definition) is 4. The fraction of sp³-hybridized carbons (Fsp3) is 0.250. The summed E-state index contributed by atoms with van der Waals surface area (Å²) >= 11 is 11.4. The van der Waals surface area contributed by atoms with Gasteiger partial charge in [-0.05, 0) is 72.1 Å². The van der Waals surface area contributed by atoms with Crippen LogP contribution in [0.25, 0.3) is 6.08 Å². The van der Waals surface area contributed by atoms with Crippen LogP contribution in [0.2, 0.25) is 5.02 Å². The van der Waals surface area contributed by atoms with E-state index in [-0.39, 0.29) is 0 Å². The van der Waals surface area contributed by atoms with Gasteiger partial charge in [-0.25, -0.2) is 0 Å². The van der Waals surface area contributed by atoms with E-state index in [0.29, 0.717) is 5.11 Å². The van der Waals surface area contributed by atoms with Crippen molar-refractivity contribution in [1.82, 2.24) is 10.3 Å². The maximum absolute atomic E-state index is 6.04. The number of thiocarbonyl (C=S) groups is 1. The first-order chi connectivity index (χ1) is 15.2. The molecule has 0 aromatic heterocycles. The number of benzene rings is 2. The average molecular weight is 453 g/mol. The minimum absolute atomic E-state index is 0.464. The molecular weight excluding hydrogens is 428 g/mol. The monoisotopic (exact) mass is 452 g/mol. The zero-order valence-electron chi connectivity index (χ0n) is 17.2. The fourth-order valence-corrected chi connectivity index (χ4v) is 4.08. The summed E-state index contributed by atoms with van der Waals surface area (Å²) in [4.78, 5) is 2.40. The van der Waals surface area contributed by atoms with Crippen molar-refractivity contribution in [3.63, 3.8) is 0 Å². The molecule has 2 N–H and O–H groups in total. The van der Waals surface area contributed by atoms with Crippen LogP contribution in [-0.2, 0) is 4.74 Å². The highest BCUT2D eigenvalue weighted by Gasteiger charge is 2.25. The van der Waals surface area contributed by atoms with E-state index < -0.39 is 0 Å². The van der Waals surface area contributed by atoms with Crippen molar-refractivity contribution in [2.45, 2.75) is 12.8 Å². The summed E-state index contributed by atoms with van der Waals surface area (Å²) in [5.74, 6) is 0. The van der Waals surface area contributed by atoms with Gasteiger partial charge in [0.15, 0.2) is 5.11 Å². The summed E-state index contributed by atoms with van der Waals surface area (Å²) in [6.07, 6.45) is 6.06. The van der Waals surface area contributed by atoms with E-state index in [4.69, 9.17) is 28.6 Å². The Bertz CT molecular complexity index is 996. The normalized spacial score (nSPS) is 18.1. The number of hydrogen-bond donors (Lipinski definition) is 2. The Kier molecular flexibility index (Phi) is 7.35. The third kappa shape index (κ3) is 5.94. The molecule has 2 aromatic rings. The number of halogens is 1. The first-order valence-electron chi connectivity index (χ1n) is 10.4. The molecule has 1 heterocycles. The molecule has 0 saturated carbocycles. The largest absolute Gasteiger partial charge is 0.378 e. The van der Waals surface area contributed by atoms with Gasteiger partial charge in [-0.1, -0.05) is 41.9 Å². The van der Waals surface area contributed by atoms with Gasteiger partial charge in [0.25, 0.3) is 0 Å². The van der Waals surface area contributed by atoms with Crippen molar-refractivity contribution in [2.75, 3.05) is 31.6 Å². The lowest BCUT2D eigenvalue weighted by Crippen LogP contribution is -2.36. The number of nitrogens with one attached hydrogen (secondary N) is 2. The molecule has 0 amide bonds. The number of allylic oxidation sites excluding steroid dienone is 2. The van der Waals surface area contributed by atoms with Crippen molar-refractivity contribution >= 4 is 46.9 Å². The van der Waals surface area contributed by atoms with Gasteiger partial charge in [-0.15, -0.1) is 0 Å². The summed E-state index contributed by atoms with van der Waals surface area (Å²) < 4.78 is 5.56. The smallest absolute Gasteiger partial charge is 0.191 e. The quantitative estimate of drug-likeness (QED) is 0.376. The Morgan fingerprint density at radius 1 is 1.03 bits per heavy atom. The molecule has 2 aromatic carbocycles. The molecule has 160 valence electrons. The van der Waals surface area contributed by atoms with Gasteiger partial charge in [-0.3, -0.25) is 5.43 Å². The van der Waals surface area contributed by atoms with Crippen LogP contribution in [0.15, 0.2) is 76.5 Å². The molecule has 0 radical (unpaired) electrons. The van der Waals surface area contributed by atoms with Crippen LogP contribution in [0, 0.1) is 0 Å². The standard InChI is InChI=1S/C24H25ClN4OS/c25-21-10-6-18(7-11-21)16-19-8-9-20(23(19)29-12-14-30-15-13-29)17-26-28-24(31)27-22-4-2-1-3-5-22/h1-7,10-11,16-17H,8-9,12-15H2,(H2,27,28,31). The molecule has 0 spiro atoms. The zero-order valence-corrected chi connectivity index (χ0v) is 18.8. The van der Waals surface area contributed by atoms with Gasteiger partial charge in [0, 0.05) is 29.5 Å². The lowest BCUT2D eigenvalue weighted by atomic mass is 10.1. The predicted octanol–water partition coefficient (Wildman–Crippen LogP) is 5.08. The molecule has 1 aliphatic carbocycles. The van der Waals surface area contributed by atoms with E-state index in [1.807, 2.05) is 60.8 Å². The van der Waals surface area contributed by atoms with Gasteiger partial charge in [0.2, 0.25) is 0 Å². The highest BCUT2D eigenvalue weighted by Crippen LogP contribution is 2.35. The van der Waals surface area contributed by atoms with Crippen LogP contribution in [0.3, 0.4) is 0 Å². The second-order valence-corrected chi connectivity index (χ2v) is 8.23. The SMILES string of the molecule is S=C(NN=CC1=C(N2CCOCC2)C(=Cc2ccc(Cl)cc2)CC1)Nc1ccccc1. The Morgan fingerprint density at radius 3 is 2.52 bits per heavy atom. The highest BCUT2D eigenvalue weighted by molar-refractivity contribution is 7.80. The van der Waals surface area contributed by atoms with E-state index in [1.54, 1.807) is 0 Å². The topological polar surface area (TPSA) is 48.9 Å². The van der Waals surface area contributed by atoms with Crippen LogP contribution in [0.1, 0.15) is 18.4 Å². The average Bonchev–Trinajstić information content (AvgIpc) is 3.19. The van der Waals surface area contributed by atoms with Crippen LogP contribution in [-0.4, -0.2) is 42.5 Å². The van der Waals surface area contributed by atoms with E-state index in [2.05, 4.69) is 26.8 Å². The molecule has 1 fully saturated rings. The summed E-state index contributed by atoms with van der Waals surface area (Å²) in [7, 11) is 0. The number of morpholine rings is 1. The van der Waals surface area contributed by atoms with Crippen molar-refractivity contribution in [3.8, 4) is 0 Å². The number of ether oxygens (including phenoxy) is 1. The van der Waals surface area contributed by atoms with Gasteiger partial charge in [-0.2, -0.15) is 5.10 Å². The fourth-order valence-electron chi connectivity index (χ4n) is 3.78. The van der Waals surface area contributed by atoms with Gasteiger partial charge in [0.1, 0.15) is 0 Å². The number of nitrogens with zero attached hydrogens (tertiary/aromatic N) is 2. The number of anilines is 1. The molecule has 31 heavy (non-hydrogen) atoms. The number of para-hydroxylation sites is 1. The molecule has 5 nitrogen and oxygen atoms in total. The maximum atomic E-state index is 6.04. The summed E-state index contributed by atoms with van der Waals surface area (Å²) in [5, 5.41) is 8.75. The lowest BCUT2D eigenvalue weighted by molar-refractivity contribution is 0.0548. The second kappa shape index (κ2) is 10.6. The van der Waals surface area contributed by atoms with Crippen molar-refractivity contribution in [1.29, 1.82) is 0 Å². The Hall–Kier alpha value is -2.67. The molecule has 7 heteroatoms. The van der Waals surface area contributed by atoms with E-state index >= 15 is 0 Å². The Balaban J connectivity index is 1.51. The van der Waals surface area contributed by atoms with Crippen molar-refractivity contribution in [2.24, 2.45) is 5.10 Å². The third-order valence-corrected chi connectivity index (χ3v) is 5.67. The number of rotatable bonds is 5. The predicted molar refractivity (Wildman–Crippen MR) is 132 cm³/mol. The molecular formula is C24H25ClN4OS. The van der Waals surface area contributed by atoms with Gasteiger partial charge in [0.05, 0.1) is 19.4 Å². The molecule has 4 rings (SSSR count). The first-order valence-corrected chi connectivity index (χ1v) is 11.1. The van der Waals surface area contributed by atoms with Crippen LogP contribution < -0.4 is 10.7 Å². The molecule has 2 aliphatic rings. The lowest BCUT2D eigenvalue weighted by Gasteiger charge is -2.31. The zero-order chi connectivity index (χ0) is 21.5. The maximum Gasteiger partial charge on any atom is 0.191 e. The second-order valence-electron chi connectivity index (χ2n) is 7.38. The molecule has 1 saturated heterocycles.